The first-order chi connectivity index (χ1) is 15.3. The summed E-state index contributed by atoms with van der Waals surface area (Å²) in [6, 6.07) is 16.5. The van der Waals surface area contributed by atoms with E-state index in [0.717, 1.165) is 30.0 Å². The maximum atomic E-state index is 5.89. The maximum absolute atomic E-state index is 5.89. The number of aryl methyl sites for hydroxylation is 1. The van der Waals surface area contributed by atoms with E-state index >= 15 is 0 Å². The minimum atomic E-state index is 0.814. The van der Waals surface area contributed by atoms with Crippen LogP contribution in [-0.4, -0.2) is 12.8 Å². The fourth-order valence-electron chi connectivity index (χ4n) is 3.74. The zero-order chi connectivity index (χ0) is 22.0. The van der Waals surface area contributed by atoms with E-state index < -0.39 is 0 Å². The number of ether oxygens (including phenoxy) is 1. The monoisotopic (exact) mass is 421 g/mol. The number of hydrogen-bond acceptors (Lipinski definition) is 2. The second-order valence-corrected chi connectivity index (χ2v) is 8.75. The Morgan fingerprint density at radius 1 is 0.645 bits per heavy atom. The molecule has 0 N–H and O–H groups in total. The molecule has 2 heteroatoms. The van der Waals surface area contributed by atoms with Crippen LogP contribution in [0.4, 0.5) is 5.69 Å². The summed E-state index contributed by atoms with van der Waals surface area (Å²) in [4.78, 5) is 4.52. The van der Waals surface area contributed by atoms with E-state index in [-0.39, 0.29) is 0 Å². The SMILES string of the molecule is CCCCCCCCCCCCCCCOc1ccc(C=Nc2ccc(C)cc2)cc1. The molecule has 0 aliphatic carbocycles. The fourth-order valence-corrected chi connectivity index (χ4v) is 3.74. The lowest BCUT2D eigenvalue weighted by molar-refractivity contribution is 0.304. The third-order valence-corrected chi connectivity index (χ3v) is 5.79. The summed E-state index contributed by atoms with van der Waals surface area (Å²) < 4.78 is 5.89. The smallest absolute Gasteiger partial charge is 0.119 e. The van der Waals surface area contributed by atoms with E-state index in [2.05, 4.69) is 43.1 Å². The molecule has 0 aliphatic rings. The molecule has 2 nitrogen and oxygen atoms in total. The highest BCUT2D eigenvalue weighted by Crippen LogP contribution is 2.16. The summed E-state index contributed by atoms with van der Waals surface area (Å²) in [5.41, 5.74) is 3.33. The Kier molecular flexibility index (Phi) is 13.5. The summed E-state index contributed by atoms with van der Waals surface area (Å²) in [6.45, 7) is 5.19. The van der Waals surface area contributed by atoms with Gasteiger partial charge in [-0.1, -0.05) is 102 Å². The van der Waals surface area contributed by atoms with Crippen LogP contribution in [0.25, 0.3) is 0 Å². The summed E-state index contributed by atoms with van der Waals surface area (Å²) >= 11 is 0. The summed E-state index contributed by atoms with van der Waals surface area (Å²) in [7, 11) is 0. The van der Waals surface area contributed by atoms with E-state index in [4.69, 9.17) is 4.74 Å². The average Bonchev–Trinajstić information content (AvgIpc) is 2.80. The summed E-state index contributed by atoms with van der Waals surface area (Å²) in [6.07, 6.45) is 19.8. The second kappa shape index (κ2) is 16.6. The van der Waals surface area contributed by atoms with Gasteiger partial charge in [0.05, 0.1) is 12.3 Å². The number of benzene rings is 2. The van der Waals surface area contributed by atoms with Crippen LogP contribution in [0.5, 0.6) is 5.75 Å². The van der Waals surface area contributed by atoms with Gasteiger partial charge < -0.3 is 4.74 Å². The van der Waals surface area contributed by atoms with Crippen LogP contribution in [0.3, 0.4) is 0 Å². The molecule has 0 heterocycles. The van der Waals surface area contributed by atoms with Crippen molar-refractivity contribution in [2.24, 2.45) is 4.99 Å². The first-order valence-corrected chi connectivity index (χ1v) is 12.6. The van der Waals surface area contributed by atoms with Crippen molar-refractivity contribution in [3.63, 3.8) is 0 Å². The van der Waals surface area contributed by atoms with E-state index in [1.807, 2.05) is 30.5 Å². The lowest BCUT2D eigenvalue weighted by Gasteiger charge is -2.06. The van der Waals surface area contributed by atoms with Gasteiger partial charge in [0.1, 0.15) is 5.75 Å². The lowest BCUT2D eigenvalue weighted by atomic mass is 10.0. The van der Waals surface area contributed by atoms with Gasteiger partial charge in [-0.05, 0) is 55.3 Å². The van der Waals surface area contributed by atoms with E-state index in [1.165, 1.54) is 82.6 Å². The minimum absolute atomic E-state index is 0.814. The summed E-state index contributed by atoms with van der Waals surface area (Å²) in [5.74, 6) is 0.950. The van der Waals surface area contributed by atoms with E-state index in [0.29, 0.717) is 0 Å². The van der Waals surface area contributed by atoms with Crippen molar-refractivity contribution in [3.05, 3.63) is 59.7 Å². The Morgan fingerprint density at radius 3 is 1.71 bits per heavy atom. The van der Waals surface area contributed by atoms with Gasteiger partial charge in [-0.15, -0.1) is 0 Å². The molecular formula is C29H43NO. The van der Waals surface area contributed by atoms with Gasteiger partial charge in [0, 0.05) is 6.21 Å². The normalized spacial score (nSPS) is 11.3. The maximum Gasteiger partial charge on any atom is 0.119 e. The molecule has 0 unspecified atom stereocenters. The van der Waals surface area contributed by atoms with Crippen LogP contribution in [0, 0.1) is 6.92 Å². The molecule has 31 heavy (non-hydrogen) atoms. The molecule has 0 amide bonds. The van der Waals surface area contributed by atoms with Crippen LogP contribution < -0.4 is 4.74 Å². The third-order valence-electron chi connectivity index (χ3n) is 5.79. The first kappa shape index (κ1) is 25.2. The van der Waals surface area contributed by atoms with Gasteiger partial charge in [-0.25, -0.2) is 0 Å². The Labute approximate surface area is 191 Å². The van der Waals surface area contributed by atoms with Crippen LogP contribution >= 0.6 is 0 Å². The number of unbranched alkanes of at least 4 members (excludes halogenated alkanes) is 12. The van der Waals surface area contributed by atoms with Crippen LogP contribution in [0.1, 0.15) is 102 Å². The fraction of sp³-hybridized carbons (Fsp3) is 0.552. The lowest BCUT2D eigenvalue weighted by Crippen LogP contribution is -1.97. The molecule has 0 aliphatic heterocycles. The number of hydrogen-bond donors (Lipinski definition) is 0. The van der Waals surface area contributed by atoms with E-state index in [1.54, 1.807) is 0 Å². The minimum Gasteiger partial charge on any atom is -0.494 e. The van der Waals surface area contributed by atoms with Crippen LogP contribution in [0.15, 0.2) is 53.5 Å². The molecule has 0 aromatic heterocycles. The van der Waals surface area contributed by atoms with Gasteiger partial charge in [0.25, 0.3) is 0 Å². The van der Waals surface area contributed by atoms with Crippen molar-refractivity contribution in [2.45, 2.75) is 97.3 Å². The standard InChI is InChI=1S/C29H43NO/c1-3-4-5-6-7-8-9-10-11-12-13-14-15-24-31-29-22-18-27(19-23-29)25-30-28-20-16-26(2)17-21-28/h16-23,25H,3-15,24H2,1-2H3. The molecule has 2 rings (SSSR count). The van der Waals surface area contributed by atoms with Gasteiger partial charge in [0.2, 0.25) is 0 Å². The largest absolute Gasteiger partial charge is 0.494 e. The van der Waals surface area contributed by atoms with Crippen molar-refractivity contribution in [1.82, 2.24) is 0 Å². The highest BCUT2D eigenvalue weighted by atomic mass is 16.5. The van der Waals surface area contributed by atoms with Gasteiger partial charge in [-0.3, -0.25) is 4.99 Å². The number of aliphatic imine (C=N–C) groups is 1. The van der Waals surface area contributed by atoms with E-state index in [9.17, 15) is 0 Å². The molecule has 2 aromatic carbocycles. The summed E-state index contributed by atoms with van der Waals surface area (Å²) in [5, 5.41) is 0. The Bertz CT molecular complexity index is 703. The topological polar surface area (TPSA) is 21.6 Å². The average molecular weight is 422 g/mol. The second-order valence-electron chi connectivity index (χ2n) is 8.75. The highest BCUT2D eigenvalue weighted by Gasteiger charge is 1.97. The molecule has 0 bridgehead atoms. The zero-order valence-corrected chi connectivity index (χ0v) is 20.0. The predicted octanol–water partition coefficient (Wildman–Crippen LogP) is 9.22. The van der Waals surface area contributed by atoms with Gasteiger partial charge in [0.15, 0.2) is 0 Å². The Hall–Kier alpha value is -2.09. The van der Waals surface area contributed by atoms with Crippen molar-refractivity contribution in [2.75, 3.05) is 6.61 Å². The quantitative estimate of drug-likeness (QED) is 0.184. The number of rotatable bonds is 17. The molecule has 0 atom stereocenters. The molecule has 2 aromatic rings. The van der Waals surface area contributed by atoms with Crippen molar-refractivity contribution >= 4 is 11.9 Å². The first-order valence-electron chi connectivity index (χ1n) is 12.6. The molecule has 0 fully saturated rings. The highest BCUT2D eigenvalue weighted by molar-refractivity contribution is 5.82. The molecule has 0 radical (unpaired) electrons. The number of nitrogens with zero attached hydrogens (tertiary/aromatic N) is 1. The van der Waals surface area contributed by atoms with Gasteiger partial charge >= 0.3 is 0 Å². The Morgan fingerprint density at radius 2 is 1.16 bits per heavy atom. The molecule has 0 saturated heterocycles. The third kappa shape index (κ3) is 12.4. The molecule has 0 saturated carbocycles. The Balaban J connectivity index is 1.45. The zero-order valence-electron chi connectivity index (χ0n) is 20.0. The molecule has 170 valence electrons. The van der Waals surface area contributed by atoms with Crippen molar-refractivity contribution in [3.8, 4) is 5.75 Å². The van der Waals surface area contributed by atoms with Crippen LogP contribution in [-0.2, 0) is 0 Å². The van der Waals surface area contributed by atoms with Crippen molar-refractivity contribution < 1.29 is 4.74 Å². The van der Waals surface area contributed by atoms with Gasteiger partial charge in [-0.2, -0.15) is 0 Å². The molecule has 0 spiro atoms. The molecular weight excluding hydrogens is 378 g/mol. The predicted molar refractivity (Wildman–Crippen MR) is 136 cm³/mol. The van der Waals surface area contributed by atoms with Crippen molar-refractivity contribution in [1.29, 1.82) is 0 Å². The van der Waals surface area contributed by atoms with Crippen LogP contribution in [0.2, 0.25) is 0 Å².